The average molecular weight is 288 g/mol. The largest absolute Gasteiger partial charge is 0.477 e. The van der Waals surface area contributed by atoms with Crippen LogP contribution in [0.3, 0.4) is 0 Å². The highest BCUT2D eigenvalue weighted by Crippen LogP contribution is 2.29. The van der Waals surface area contributed by atoms with Crippen molar-refractivity contribution in [1.82, 2.24) is 4.31 Å². The number of carboxylic acids is 1. The van der Waals surface area contributed by atoms with Crippen molar-refractivity contribution in [2.75, 3.05) is 13.6 Å². The summed E-state index contributed by atoms with van der Waals surface area (Å²) in [5.41, 5.74) is 0.404. The average Bonchev–Trinajstić information content (AvgIpc) is 2.68. The zero-order valence-corrected chi connectivity index (χ0v) is 11.5. The predicted molar refractivity (Wildman–Crippen MR) is 66.1 cm³/mol. The third-order valence-electron chi connectivity index (χ3n) is 2.32. The molecule has 6 nitrogen and oxygen atoms in total. The number of aryl methyl sites for hydroxylation is 1. The molecule has 1 heterocycles. The van der Waals surface area contributed by atoms with Gasteiger partial charge in [0.1, 0.15) is 9.77 Å². The van der Waals surface area contributed by atoms with Crippen LogP contribution in [0, 0.1) is 18.3 Å². The fourth-order valence-corrected chi connectivity index (χ4v) is 4.13. The number of sulfonamides is 1. The fourth-order valence-electron chi connectivity index (χ4n) is 1.39. The Morgan fingerprint density at radius 3 is 2.72 bits per heavy atom. The van der Waals surface area contributed by atoms with Crippen molar-refractivity contribution in [2.45, 2.75) is 18.2 Å². The SMILES string of the molecule is Cc1csc(C(=O)O)c1S(=O)(=O)N(C)CCC#N. The zero-order valence-electron chi connectivity index (χ0n) is 9.87. The second kappa shape index (κ2) is 5.48. The van der Waals surface area contributed by atoms with Gasteiger partial charge in [0.15, 0.2) is 0 Å². The van der Waals surface area contributed by atoms with E-state index in [0.29, 0.717) is 5.56 Å². The third kappa shape index (κ3) is 2.69. The van der Waals surface area contributed by atoms with Gasteiger partial charge in [-0.3, -0.25) is 0 Å². The van der Waals surface area contributed by atoms with E-state index in [1.54, 1.807) is 6.92 Å². The van der Waals surface area contributed by atoms with Crippen molar-refractivity contribution < 1.29 is 18.3 Å². The van der Waals surface area contributed by atoms with Crippen molar-refractivity contribution in [3.05, 3.63) is 15.8 Å². The van der Waals surface area contributed by atoms with Crippen molar-refractivity contribution in [3.63, 3.8) is 0 Å². The summed E-state index contributed by atoms with van der Waals surface area (Å²) in [6, 6.07) is 1.85. The van der Waals surface area contributed by atoms with Gasteiger partial charge in [-0.15, -0.1) is 11.3 Å². The molecule has 0 aromatic carbocycles. The van der Waals surface area contributed by atoms with Crippen LogP contribution >= 0.6 is 11.3 Å². The van der Waals surface area contributed by atoms with Crippen LogP contribution in [-0.2, 0) is 10.0 Å². The molecule has 0 bridgehead atoms. The van der Waals surface area contributed by atoms with Gasteiger partial charge in [-0.1, -0.05) is 0 Å². The first-order valence-electron chi connectivity index (χ1n) is 4.97. The molecule has 1 rings (SSSR count). The van der Waals surface area contributed by atoms with Crippen molar-refractivity contribution in [1.29, 1.82) is 5.26 Å². The van der Waals surface area contributed by atoms with Crippen LogP contribution in [0.2, 0.25) is 0 Å². The van der Waals surface area contributed by atoms with Crippen LogP contribution in [0.15, 0.2) is 10.3 Å². The highest BCUT2D eigenvalue weighted by molar-refractivity contribution is 7.89. The number of carboxylic acid groups (broad SMARTS) is 1. The van der Waals surface area contributed by atoms with Crippen molar-refractivity contribution in [2.24, 2.45) is 0 Å². The minimum Gasteiger partial charge on any atom is -0.477 e. The van der Waals surface area contributed by atoms with Gasteiger partial charge >= 0.3 is 5.97 Å². The summed E-state index contributed by atoms with van der Waals surface area (Å²) < 4.78 is 25.4. The second-order valence-electron chi connectivity index (χ2n) is 3.62. The van der Waals surface area contributed by atoms with E-state index in [1.165, 1.54) is 12.4 Å². The maximum Gasteiger partial charge on any atom is 0.347 e. The van der Waals surface area contributed by atoms with Crippen LogP contribution in [0.1, 0.15) is 21.7 Å². The third-order valence-corrected chi connectivity index (χ3v) is 5.58. The standard InChI is InChI=1S/C10H12N2O4S2/c1-7-6-17-8(10(13)14)9(7)18(15,16)12(2)5-3-4-11/h6H,3,5H2,1-2H3,(H,13,14). The molecule has 0 fully saturated rings. The number of nitriles is 1. The topological polar surface area (TPSA) is 98.5 Å². The first kappa shape index (κ1) is 14.6. The number of hydrogen-bond acceptors (Lipinski definition) is 5. The number of aromatic carboxylic acids is 1. The Morgan fingerprint density at radius 2 is 2.22 bits per heavy atom. The monoisotopic (exact) mass is 288 g/mol. The molecule has 0 unspecified atom stereocenters. The van der Waals surface area contributed by atoms with Crippen LogP contribution in [-0.4, -0.2) is 37.4 Å². The number of carbonyl (C=O) groups is 1. The molecule has 1 N–H and O–H groups in total. The molecule has 18 heavy (non-hydrogen) atoms. The minimum absolute atomic E-state index is 0.0349. The number of thiophene rings is 1. The molecule has 0 aliphatic carbocycles. The van der Waals surface area contributed by atoms with Crippen LogP contribution < -0.4 is 0 Å². The van der Waals surface area contributed by atoms with Crippen molar-refractivity contribution in [3.8, 4) is 6.07 Å². The van der Waals surface area contributed by atoms with E-state index < -0.39 is 16.0 Å². The summed E-state index contributed by atoms with van der Waals surface area (Å²) in [4.78, 5) is 10.6. The first-order valence-corrected chi connectivity index (χ1v) is 7.29. The molecular weight excluding hydrogens is 276 g/mol. The lowest BCUT2D eigenvalue weighted by Crippen LogP contribution is -2.29. The number of nitrogens with zero attached hydrogens (tertiary/aromatic N) is 2. The smallest absolute Gasteiger partial charge is 0.347 e. The summed E-state index contributed by atoms with van der Waals surface area (Å²) in [7, 11) is -2.53. The molecule has 8 heteroatoms. The van der Waals surface area contributed by atoms with E-state index in [4.69, 9.17) is 10.4 Å². The van der Waals surface area contributed by atoms with Gasteiger partial charge in [0.25, 0.3) is 0 Å². The van der Waals surface area contributed by atoms with E-state index in [-0.39, 0.29) is 22.7 Å². The number of rotatable bonds is 5. The first-order chi connectivity index (χ1) is 8.32. The molecule has 1 aromatic heterocycles. The molecule has 0 aliphatic rings. The summed E-state index contributed by atoms with van der Waals surface area (Å²) in [6.07, 6.45) is 0.0569. The lowest BCUT2D eigenvalue weighted by molar-refractivity contribution is 0.0698. The van der Waals surface area contributed by atoms with Gasteiger partial charge in [-0.2, -0.15) is 9.57 Å². The minimum atomic E-state index is -3.86. The Kier molecular flexibility index (Phi) is 4.45. The molecule has 0 atom stereocenters. The molecule has 1 aromatic rings. The molecule has 98 valence electrons. The van der Waals surface area contributed by atoms with E-state index in [9.17, 15) is 13.2 Å². The molecule has 0 spiro atoms. The van der Waals surface area contributed by atoms with E-state index in [2.05, 4.69) is 0 Å². The number of hydrogen-bond donors (Lipinski definition) is 1. The van der Waals surface area contributed by atoms with Gasteiger partial charge < -0.3 is 5.11 Å². The molecule has 0 saturated carbocycles. The van der Waals surface area contributed by atoms with Gasteiger partial charge in [-0.05, 0) is 17.9 Å². The fraction of sp³-hybridized carbons (Fsp3) is 0.400. The van der Waals surface area contributed by atoms with Gasteiger partial charge in [0, 0.05) is 20.0 Å². The van der Waals surface area contributed by atoms with Crippen LogP contribution in [0.25, 0.3) is 0 Å². The summed E-state index contributed by atoms with van der Waals surface area (Å²) >= 11 is 0.882. The Hall–Kier alpha value is -1.43. The van der Waals surface area contributed by atoms with E-state index in [0.717, 1.165) is 15.6 Å². The van der Waals surface area contributed by atoms with Crippen molar-refractivity contribution >= 4 is 27.3 Å². The van der Waals surface area contributed by atoms with Gasteiger partial charge in [0.05, 0.1) is 6.07 Å². The lowest BCUT2D eigenvalue weighted by Gasteiger charge is -2.16. The molecule has 0 amide bonds. The maximum absolute atomic E-state index is 12.2. The van der Waals surface area contributed by atoms with Gasteiger partial charge in [0.2, 0.25) is 10.0 Å². The molecule has 0 aliphatic heterocycles. The zero-order chi connectivity index (χ0) is 13.9. The summed E-state index contributed by atoms with van der Waals surface area (Å²) in [5.74, 6) is -1.26. The quantitative estimate of drug-likeness (QED) is 0.880. The van der Waals surface area contributed by atoms with E-state index in [1.807, 2.05) is 6.07 Å². The van der Waals surface area contributed by atoms with Gasteiger partial charge in [-0.25, -0.2) is 13.2 Å². The second-order valence-corrected chi connectivity index (χ2v) is 6.48. The highest BCUT2D eigenvalue weighted by atomic mass is 32.2. The Morgan fingerprint density at radius 1 is 1.61 bits per heavy atom. The Labute approximate surface area is 109 Å². The highest BCUT2D eigenvalue weighted by Gasteiger charge is 2.29. The predicted octanol–water partition coefficient (Wildman–Crippen LogP) is 1.29. The Bertz CT molecular complexity index is 598. The summed E-state index contributed by atoms with van der Waals surface area (Å²) in [6.45, 7) is 1.58. The molecule has 0 radical (unpaired) electrons. The normalized spacial score (nSPS) is 11.4. The van der Waals surface area contributed by atoms with E-state index >= 15 is 0 Å². The molecular formula is C10H12N2O4S2. The lowest BCUT2D eigenvalue weighted by atomic mass is 10.3. The molecule has 0 saturated heterocycles. The van der Waals surface area contributed by atoms with Crippen LogP contribution in [0.5, 0.6) is 0 Å². The van der Waals surface area contributed by atoms with Crippen LogP contribution in [0.4, 0.5) is 0 Å². The summed E-state index contributed by atoms with van der Waals surface area (Å²) in [5, 5.41) is 18.9. The Balaban J connectivity index is 3.25. The maximum atomic E-state index is 12.2.